The molecule has 2 amide bonds. The SMILES string of the molecule is CC(C)[C@@H](NC(=O)c1cc(C(F)(F)F)ccc1F)C(=O)N1CCC(Nc2ccc(C(=O)OC(C)(C)C)cc2)CC1. The summed E-state index contributed by atoms with van der Waals surface area (Å²) < 4.78 is 58.8. The second kappa shape index (κ2) is 12.3. The van der Waals surface area contributed by atoms with Gasteiger partial charge in [0.25, 0.3) is 5.91 Å². The number of rotatable bonds is 7. The van der Waals surface area contributed by atoms with E-state index in [9.17, 15) is 31.9 Å². The van der Waals surface area contributed by atoms with Crippen LogP contribution in [0.2, 0.25) is 0 Å². The quantitative estimate of drug-likeness (QED) is 0.334. The van der Waals surface area contributed by atoms with E-state index in [0.717, 1.165) is 5.69 Å². The molecule has 0 radical (unpaired) electrons. The highest BCUT2D eigenvalue weighted by molar-refractivity contribution is 5.98. The van der Waals surface area contributed by atoms with Gasteiger partial charge >= 0.3 is 12.1 Å². The fourth-order valence-electron chi connectivity index (χ4n) is 4.32. The Hall–Kier alpha value is -3.63. The minimum Gasteiger partial charge on any atom is -0.456 e. The van der Waals surface area contributed by atoms with Crippen LogP contribution in [0, 0.1) is 11.7 Å². The Balaban J connectivity index is 1.58. The number of amides is 2. The molecule has 1 heterocycles. The number of halogens is 4. The van der Waals surface area contributed by atoms with Crippen LogP contribution in [0.5, 0.6) is 0 Å². The lowest BCUT2D eigenvalue weighted by Crippen LogP contribution is -2.54. The third-order valence-electron chi connectivity index (χ3n) is 6.45. The van der Waals surface area contributed by atoms with E-state index in [1.807, 2.05) is 0 Å². The number of carbonyl (C=O) groups excluding carboxylic acids is 3. The number of anilines is 1. The average molecular weight is 566 g/mol. The molecule has 2 aromatic carbocycles. The molecule has 1 saturated heterocycles. The van der Waals surface area contributed by atoms with Gasteiger partial charge in [0.1, 0.15) is 17.5 Å². The summed E-state index contributed by atoms with van der Waals surface area (Å²) in [6, 6.07) is 7.55. The van der Waals surface area contributed by atoms with Crippen LogP contribution in [-0.2, 0) is 15.7 Å². The predicted octanol–water partition coefficient (Wildman–Crippen LogP) is 5.66. The molecule has 40 heavy (non-hydrogen) atoms. The predicted molar refractivity (Wildman–Crippen MR) is 142 cm³/mol. The minimum atomic E-state index is -4.74. The van der Waals surface area contributed by atoms with Crippen molar-refractivity contribution in [2.24, 2.45) is 5.92 Å². The Morgan fingerprint density at radius 1 is 0.975 bits per heavy atom. The number of alkyl halides is 3. The molecule has 0 bridgehead atoms. The van der Waals surface area contributed by atoms with Crippen LogP contribution in [0.4, 0.5) is 23.2 Å². The van der Waals surface area contributed by atoms with Crippen LogP contribution in [0.1, 0.15) is 73.7 Å². The van der Waals surface area contributed by atoms with E-state index >= 15 is 0 Å². The third-order valence-corrected chi connectivity index (χ3v) is 6.45. The van der Waals surface area contributed by atoms with Gasteiger partial charge in [0.15, 0.2) is 0 Å². The number of likely N-dealkylation sites (tertiary alicyclic amines) is 1. The lowest BCUT2D eigenvalue weighted by atomic mass is 9.98. The minimum absolute atomic E-state index is 0.0581. The largest absolute Gasteiger partial charge is 0.456 e. The van der Waals surface area contributed by atoms with E-state index in [1.165, 1.54) is 0 Å². The number of ether oxygens (including phenoxy) is 1. The van der Waals surface area contributed by atoms with Gasteiger partial charge in [0, 0.05) is 24.8 Å². The zero-order chi connectivity index (χ0) is 29.8. The van der Waals surface area contributed by atoms with Crippen LogP contribution in [0.25, 0.3) is 0 Å². The molecule has 0 aliphatic carbocycles. The molecule has 1 atom stereocenters. The van der Waals surface area contributed by atoms with E-state index in [1.54, 1.807) is 63.8 Å². The smallest absolute Gasteiger partial charge is 0.416 e. The first kappa shape index (κ1) is 30.9. The van der Waals surface area contributed by atoms with Crippen molar-refractivity contribution in [1.29, 1.82) is 0 Å². The van der Waals surface area contributed by atoms with E-state index in [4.69, 9.17) is 4.74 Å². The normalized spacial score (nSPS) is 15.5. The maximum Gasteiger partial charge on any atom is 0.416 e. The van der Waals surface area contributed by atoms with Gasteiger partial charge in [-0.05, 0) is 82.0 Å². The Bertz CT molecular complexity index is 1220. The summed E-state index contributed by atoms with van der Waals surface area (Å²) in [5, 5.41) is 5.83. The molecule has 0 aromatic heterocycles. The zero-order valence-corrected chi connectivity index (χ0v) is 23.2. The van der Waals surface area contributed by atoms with Crippen molar-refractivity contribution in [1.82, 2.24) is 10.2 Å². The lowest BCUT2D eigenvalue weighted by molar-refractivity contribution is -0.138. The van der Waals surface area contributed by atoms with E-state index in [0.29, 0.717) is 49.7 Å². The second-order valence-corrected chi connectivity index (χ2v) is 11.2. The van der Waals surface area contributed by atoms with Crippen molar-refractivity contribution >= 4 is 23.5 Å². The Morgan fingerprint density at radius 3 is 2.10 bits per heavy atom. The van der Waals surface area contributed by atoms with Crippen LogP contribution >= 0.6 is 0 Å². The van der Waals surface area contributed by atoms with Crippen molar-refractivity contribution in [3.63, 3.8) is 0 Å². The zero-order valence-electron chi connectivity index (χ0n) is 23.2. The highest BCUT2D eigenvalue weighted by Gasteiger charge is 2.34. The average Bonchev–Trinajstić information content (AvgIpc) is 2.86. The first-order valence-corrected chi connectivity index (χ1v) is 13.1. The van der Waals surface area contributed by atoms with Gasteiger partial charge in [0.05, 0.1) is 16.7 Å². The standard InChI is InChI=1S/C29H35F4N3O4/c1-17(2)24(35-25(37)22-16-19(29(31,32)33)8-11-23(22)30)26(38)36-14-12-21(13-15-36)34-20-9-6-18(7-10-20)27(39)40-28(3,4)5/h6-11,16-17,21,24,34H,12-15H2,1-5H3,(H,35,37)/t24-/m1/s1. The number of esters is 1. The maximum absolute atomic E-state index is 14.2. The van der Waals surface area contributed by atoms with Gasteiger partial charge < -0.3 is 20.3 Å². The summed E-state index contributed by atoms with van der Waals surface area (Å²) in [6.45, 7) is 9.57. The number of hydrogen-bond donors (Lipinski definition) is 2. The van der Waals surface area contributed by atoms with Gasteiger partial charge in [-0.15, -0.1) is 0 Å². The van der Waals surface area contributed by atoms with Crippen molar-refractivity contribution in [3.8, 4) is 0 Å². The monoisotopic (exact) mass is 565 g/mol. The van der Waals surface area contributed by atoms with Crippen molar-refractivity contribution < 1.29 is 36.7 Å². The number of piperidine rings is 1. The molecule has 0 spiro atoms. The molecule has 3 rings (SSSR count). The fourth-order valence-corrected chi connectivity index (χ4v) is 4.32. The van der Waals surface area contributed by atoms with E-state index in [2.05, 4.69) is 10.6 Å². The van der Waals surface area contributed by atoms with Gasteiger partial charge in [0.2, 0.25) is 5.91 Å². The Morgan fingerprint density at radius 2 is 1.57 bits per heavy atom. The molecule has 0 saturated carbocycles. The van der Waals surface area contributed by atoms with Crippen LogP contribution in [0.3, 0.4) is 0 Å². The van der Waals surface area contributed by atoms with E-state index in [-0.39, 0.29) is 17.9 Å². The molecule has 1 fully saturated rings. The molecule has 11 heteroatoms. The lowest BCUT2D eigenvalue weighted by Gasteiger charge is -2.36. The molecule has 1 aliphatic rings. The summed E-state index contributed by atoms with van der Waals surface area (Å²) in [5.41, 5.74) is -1.26. The van der Waals surface area contributed by atoms with Gasteiger partial charge in [-0.3, -0.25) is 9.59 Å². The number of nitrogens with zero attached hydrogens (tertiary/aromatic N) is 1. The molecule has 1 aliphatic heterocycles. The number of nitrogens with one attached hydrogen (secondary N) is 2. The number of hydrogen-bond acceptors (Lipinski definition) is 5. The summed E-state index contributed by atoms with van der Waals surface area (Å²) in [7, 11) is 0. The molecule has 2 N–H and O–H groups in total. The van der Waals surface area contributed by atoms with Gasteiger partial charge in [-0.25, -0.2) is 9.18 Å². The number of carbonyl (C=O) groups is 3. The Labute approximate surface area is 231 Å². The molecular weight excluding hydrogens is 530 g/mol. The van der Waals surface area contributed by atoms with Crippen molar-refractivity contribution in [2.75, 3.05) is 18.4 Å². The fraction of sp³-hybridized carbons (Fsp3) is 0.483. The molecule has 218 valence electrons. The summed E-state index contributed by atoms with van der Waals surface area (Å²) in [4.78, 5) is 39.8. The molecule has 0 unspecified atom stereocenters. The maximum atomic E-state index is 14.2. The molecule has 2 aromatic rings. The summed E-state index contributed by atoms with van der Waals surface area (Å²) >= 11 is 0. The van der Waals surface area contributed by atoms with Crippen molar-refractivity contribution in [3.05, 3.63) is 65.0 Å². The summed E-state index contributed by atoms with van der Waals surface area (Å²) in [5.74, 6) is -3.36. The first-order chi connectivity index (χ1) is 18.5. The van der Waals surface area contributed by atoms with Crippen LogP contribution in [0.15, 0.2) is 42.5 Å². The molecular formula is C29H35F4N3O4. The third kappa shape index (κ3) is 8.19. The highest BCUT2D eigenvalue weighted by Crippen LogP contribution is 2.30. The molecule has 7 nitrogen and oxygen atoms in total. The topological polar surface area (TPSA) is 87.7 Å². The first-order valence-electron chi connectivity index (χ1n) is 13.1. The van der Waals surface area contributed by atoms with Gasteiger partial charge in [-0.1, -0.05) is 13.8 Å². The van der Waals surface area contributed by atoms with Crippen LogP contribution in [-0.4, -0.2) is 53.5 Å². The highest BCUT2D eigenvalue weighted by atomic mass is 19.4. The van der Waals surface area contributed by atoms with Crippen molar-refractivity contribution in [2.45, 2.75) is 71.3 Å². The second-order valence-electron chi connectivity index (χ2n) is 11.2. The number of benzene rings is 2. The summed E-state index contributed by atoms with van der Waals surface area (Å²) in [6.07, 6.45) is -3.52. The Kier molecular flexibility index (Phi) is 9.48. The van der Waals surface area contributed by atoms with Crippen LogP contribution < -0.4 is 10.6 Å². The van der Waals surface area contributed by atoms with E-state index < -0.39 is 46.6 Å². The van der Waals surface area contributed by atoms with Gasteiger partial charge in [-0.2, -0.15) is 13.2 Å².